The molecule has 6 nitrogen and oxygen atoms in total. The molecule has 6 heteroatoms. The van der Waals surface area contributed by atoms with Gasteiger partial charge in [-0.25, -0.2) is 0 Å². The van der Waals surface area contributed by atoms with Crippen LogP contribution in [0.25, 0.3) is 0 Å². The van der Waals surface area contributed by atoms with E-state index in [0.717, 1.165) is 0 Å². The first-order chi connectivity index (χ1) is 7.07. The Hall–Kier alpha value is -0.980. The zero-order valence-electron chi connectivity index (χ0n) is 9.06. The second-order valence-electron chi connectivity index (χ2n) is 3.62. The van der Waals surface area contributed by atoms with Crippen LogP contribution < -0.4 is 5.73 Å². The average Bonchev–Trinajstić information content (AvgIpc) is 2.62. The third-order valence-electron chi connectivity index (χ3n) is 1.92. The Kier molecular flexibility index (Phi) is 4.19. The van der Waals surface area contributed by atoms with E-state index >= 15 is 0 Å². The fraction of sp³-hybridized carbons (Fsp3) is 0.778. The average molecular weight is 215 g/mol. The first kappa shape index (κ1) is 12.1. The van der Waals surface area contributed by atoms with Gasteiger partial charge in [-0.05, 0) is 13.8 Å². The van der Waals surface area contributed by atoms with Crippen LogP contribution in [0.2, 0.25) is 0 Å². The largest absolute Gasteiger partial charge is 0.388 e. The summed E-state index contributed by atoms with van der Waals surface area (Å²) in [6.07, 6.45) is 0.253. The lowest BCUT2D eigenvalue weighted by atomic mass is 10.0. The van der Waals surface area contributed by atoms with Gasteiger partial charge in [-0.2, -0.15) is 4.98 Å². The number of nitrogens with two attached hydrogens (primary N) is 1. The van der Waals surface area contributed by atoms with E-state index in [2.05, 4.69) is 10.1 Å². The first-order valence-corrected chi connectivity index (χ1v) is 4.89. The summed E-state index contributed by atoms with van der Waals surface area (Å²) >= 11 is 0. The molecule has 1 atom stereocenters. The van der Waals surface area contributed by atoms with Gasteiger partial charge in [0.05, 0.1) is 12.0 Å². The molecule has 0 fully saturated rings. The summed E-state index contributed by atoms with van der Waals surface area (Å²) in [6, 6.07) is 0. The highest BCUT2D eigenvalue weighted by Crippen LogP contribution is 2.10. The molecule has 1 aromatic rings. The quantitative estimate of drug-likeness (QED) is 0.685. The Morgan fingerprint density at radius 2 is 2.33 bits per heavy atom. The van der Waals surface area contributed by atoms with Crippen molar-refractivity contribution in [2.75, 3.05) is 13.2 Å². The van der Waals surface area contributed by atoms with Crippen LogP contribution in [0.3, 0.4) is 0 Å². The fourth-order valence-corrected chi connectivity index (χ4v) is 1.01. The molecule has 15 heavy (non-hydrogen) atoms. The first-order valence-electron chi connectivity index (χ1n) is 4.89. The SMILES string of the molecule is CCOCc1noc(CC(C)(O)CN)n1. The predicted octanol–water partition coefficient (Wildman–Crippen LogP) is -0.142. The van der Waals surface area contributed by atoms with Gasteiger partial charge in [0.2, 0.25) is 5.89 Å². The van der Waals surface area contributed by atoms with Crippen LogP contribution in [0.4, 0.5) is 0 Å². The van der Waals surface area contributed by atoms with Crippen LogP contribution >= 0.6 is 0 Å². The monoisotopic (exact) mass is 215 g/mol. The van der Waals surface area contributed by atoms with Gasteiger partial charge >= 0.3 is 0 Å². The second-order valence-corrected chi connectivity index (χ2v) is 3.62. The summed E-state index contributed by atoms with van der Waals surface area (Å²) < 4.78 is 10.1. The Bertz CT molecular complexity index is 299. The molecule has 0 aliphatic heterocycles. The zero-order valence-corrected chi connectivity index (χ0v) is 9.06. The predicted molar refractivity (Wildman–Crippen MR) is 53.0 cm³/mol. The lowest BCUT2D eigenvalue weighted by Crippen LogP contribution is -2.36. The molecule has 0 spiro atoms. The Morgan fingerprint density at radius 1 is 1.60 bits per heavy atom. The van der Waals surface area contributed by atoms with Crippen LogP contribution in [0.1, 0.15) is 25.6 Å². The van der Waals surface area contributed by atoms with Crippen molar-refractivity contribution in [1.82, 2.24) is 10.1 Å². The topological polar surface area (TPSA) is 94.4 Å². The van der Waals surface area contributed by atoms with Gasteiger partial charge in [0, 0.05) is 13.2 Å². The van der Waals surface area contributed by atoms with E-state index in [1.54, 1.807) is 6.92 Å². The molecule has 0 aliphatic carbocycles. The number of aromatic nitrogens is 2. The van der Waals surface area contributed by atoms with Crippen molar-refractivity contribution in [1.29, 1.82) is 0 Å². The summed E-state index contributed by atoms with van der Waals surface area (Å²) in [6.45, 7) is 4.59. The molecular weight excluding hydrogens is 198 g/mol. The highest BCUT2D eigenvalue weighted by atomic mass is 16.5. The fourth-order valence-electron chi connectivity index (χ4n) is 1.01. The van der Waals surface area contributed by atoms with Gasteiger partial charge in [-0.1, -0.05) is 5.16 Å². The molecule has 0 saturated heterocycles. The summed E-state index contributed by atoms with van der Waals surface area (Å²) in [5.74, 6) is 0.861. The minimum absolute atomic E-state index is 0.149. The number of hydrogen-bond donors (Lipinski definition) is 2. The zero-order chi connectivity index (χ0) is 11.3. The Balaban J connectivity index is 2.52. The molecule has 0 amide bonds. The third kappa shape index (κ3) is 3.94. The summed E-state index contributed by atoms with van der Waals surface area (Å²) in [4.78, 5) is 4.06. The molecule has 0 aliphatic rings. The van der Waals surface area contributed by atoms with Crippen molar-refractivity contribution in [3.05, 3.63) is 11.7 Å². The van der Waals surface area contributed by atoms with Crippen molar-refractivity contribution in [3.8, 4) is 0 Å². The summed E-state index contributed by atoms with van der Waals surface area (Å²) in [7, 11) is 0. The molecule has 1 heterocycles. The molecule has 0 saturated carbocycles. The maximum Gasteiger partial charge on any atom is 0.229 e. The standard InChI is InChI=1S/C9H17N3O3/c1-3-14-5-7-11-8(15-12-7)4-9(2,13)6-10/h13H,3-6,10H2,1-2H3. The summed E-state index contributed by atoms with van der Waals surface area (Å²) in [5, 5.41) is 13.4. The highest BCUT2D eigenvalue weighted by molar-refractivity contribution is 4.91. The molecule has 0 bridgehead atoms. The van der Waals surface area contributed by atoms with E-state index in [1.807, 2.05) is 6.92 Å². The Morgan fingerprint density at radius 3 is 2.93 bits per heavy atom. The number of rotatable bonds is 6. The third-order valence-corrected chi connectivity index (χ3v) is 1.92. The molecule has 0 radical (unpaired) electrons. The molecule has 1 unspecified atom stereocenters. The highest BCUT2D eigenvalue weighted by Gasteiger charge is 2.22. The van der Waals surface area contributed by atoms with Gasteiger partial charge in [0.25, 0.3) is 0 Å². The lowest BCUT2D eigenvalue weighted by Gasteiger charge is -2.17. The van der Waals surface area contributed by atoms with Crippen molar-refractivity contribution in [3.63, 3.8) is 0 Å². The second kappa shape index (κ2) is 5.20. The maximum atomic E-state index is 9.68. The summed E-state index contributed by atoms with van der Waals surface area (Å²) in [5.41, 5.74) is 4.37. The molecule has 3 N–H and O–H groups in total. The number of hydrogen-bond acceptors (Lipinski definition) is 6. The van der Waals surface area contributed by atoms with Crippen LogP contribution in [0, 0.1) is 0 Å². The lowest BCUT2D eigenvalue weighted by molar-refractivity contribution is 0.0610. The number of nitrogens with zero attached hydrogens (tertiary/aromatic N) is 2. The van der Waals surface area contributed by atoms with Crippen LogP contribution in [-0.2, 0) is 17.8 Å². The van der Waals surface area contributed by atoms with Crippen LogP contribution in [-0.4, -0.2) is 34.0 Å². The molecule has 1 aromatic heterocycles. The van der Waals surface area contributed by atoms with E-state index in [9.17, 15) is 5.11 Å². The normalized spacial score (nSPS) is 15.2. The van der Waals surface area contributed by atoms with Gasteiger partial charge in [-0.15, -0.1) is 0 Å². The van der Waals surface area contributed by atoms with Gasteiger partial charge in [0.1, 0.15) is 6.61 Å². The number of ether oxygens (including phenoxy) is 1. The van der Waals surface area contributed by atoms with Gasteiger partial charge in [-0.3, -0.25) is 0 Å². The number of aliphatic hydroxyl groups is 1. The molecule has 1 rings (SSSR count). The van der Waals surface area contributed by atoms with Crippen molar-refractivity contribution >= 4 is 0 Å². The van der Waals surface area contributed by atoms with Gasteiger partial charge < -0.3 is 20.1 Å². The van der Waals surface area contributed by atoms with E-state index in [1.165, 1.54) is 0 Å². The Labute approximate surface area is 88.4 Å². The van der Waals surface area contributed by atoms with Crippen molar-refractivity contribution in [2.24, 2.45) is 5.73 Å². The minimum Gasteiger partial charge on any atom is -0.388 e. The van der Waals surface area contributed by atoms with Crippen molar-refractivity contribution in [2.45, 2.75) is 32.5 Å². The van der Waals surface area contributed by atoms with Gasteiger partial charge in [0.15, 0.2) is 5.82 Å². The molecular formula is C9H17N3O3. The molecule has 0 aromatic carbocycles. The van der Waals surface area contributed by atoms with Crippen LogP contribution in [0.15, 0.2) is 4.52 Å². The minimum atomic E-state index is -1.00. The van der Waals surface area contributed by atoms with E-state index in [4.69, 9.17) is 15.0 Å². The molecule has 86 valence electrons. The van der Waals surface area contributed by atoms with E-state index < -0.39 is 5.60 Å². The van der Waals surface area contributed by atoms with Crippen LogP contribution in [0.5, 0.6) is 0 Å². The maximum absolute atomic E-state index is 9.68. The van der Waals surface area contributed by atoms with Crippen molar-refractivity contribution < 1.29 is 14.4 Å². The van der Waals surface area contributed by atoms with E-state index in [0.29, 0.717) is 24.9 Å². The smallest absolute Gasteiger partial charge is 0.229 e. The van der Waals surface area contributed by atoms with E-state index in [-0.39, 0.29) is 13.0 Å².